The summed E-state index contributed by atoms with van der Waals surface area (Å²) in [5.74, 6) is 0. The molecule has 0 aromatic rings. The molecule has 0 N–H and O–H groups in total. The smallest absolute Gasteiger partial charge is 0.499 e. The molecule has 1 amide bonds. The summed E-state index contributed by atoms with van der Waals surface area (Å²) in [4.78, 5) is 13.7. The van der Waals surface area contributed by atoms with Gasteiger partial charge < -0.3 is 22.6 Å². The van der Waals surface area contributed by atoms with Crippen LogP contribution in [0.3, 0.4) is 0 Å². The molecule has 6 nitrogen and oxygen atoms in total. The van der Waals surface area contributed by atoms with E-state index >= 15 is 0 Å². The molecule has 20 heavy (non-hydrogen) atoms. The number of hydrogen-bond donors (Lipinski definition) is 0. The van der Waals surface area contributed by atoms with Gasteiger partial charge in [-0.25, -0.2) is 4.79 Å². The van der Waals surface area contributed by atoms with Crippen LogP contribution >= 0.6 is 0 Å². The number of hydrogen-bond acceptors (Lipinski definition) is 5. The SMILES string of the molecule is CCN(CC)C(=O)O[Si](C)(C)CC[Si](OC)(OC)OC. The Morgan fingerprint density at radius 3 is 1.75 bits per heavy atom. The molecular weight excluding hydrogens is 294 g/mol. The average molecular weight is 324 g/mol. The highest BCUT2D eigenvalue weighted by atomic mass is 28.4. The maximum absolute atomic E-state index is 12.0. The zero-order chi connectivity index (χ0) is 15.8. The summed E-state index contributed by atoms with van der Waals surface area (Å²) in [5.41, 5.74) is 0. The fourth-order valence-corrected chi connectivity index (χ4v) is 7.29. The topological polar surface area (TPSA) is 57.2 Å². The lowest BCUT2D eigenvalue weighted by Gasteiger charge is -2.30. The highest BCUT2D eigenvalue weighted by Gasteiger charge is 2.41. The van der Waals surface area contributed by atoms with Gasteiger partial charge in [-0.1, -0.05) is 0 Å². The molecule has 0 saturated carbocycles. The van der Waals surface area contributed by atoms with E-state index in [9.17, 15) is 4.79 Å². The van der Waals surface area contributed by atoms with Crippen molar-refractivity contribution in [3.63, 3.8) is 0 Å². The minimum atomic E-state index is -2.59. The van der Waals surface area contributed by atoms with Crippen molar-refractivity contribution in [3.8, 4) is 0 Å². The first-order valence-electron chi connectivity index (χ1n) is 6.93. The fraction of sp³-hybridized carbons (Fsp3) is 0.917. The summed E-state index contributed by atoms with van der Waals surface area (Å²) in [6.07, 6.45) is -0.230. The molecule has 0 rings (SSSR count). The predicted octanol–water partition coefficient (Wildman–Crippen LogP) is 2.55. The van der Waals surface area contributed by atoms with E-state index in [2.05, 4.69) is 0 Å². The normalized spacial score (nSPS) is 12.3. The second kappa shape index (κ2) is 8.78. The first-order valence-corrected chi connectivity index (χ1v) is 12.0. The van der Waals surface area contributed by atoms with Gasteiger partial charge in [0.15, 0.2) is 0 Å². The number of nitrogens with zero attached hydrogens (tertiary/aromatic N) is 1. The Kier molecular flexibility index (Phi) is 8.60. The molecule has 0 aliphatic rings. The van der Waals surface area contributed by atoms with Crippen LogP contribution in [0, 0.1) is 0 Å². The number of rotatable bonds is 9. The standard InChI is InChI=1S/C12H29NO5Si2/c1-8-13(9-2)12(14)18-19(6,7)10-11-20(15-3,16-4)17-5/h8-11H2,1-7H3. The Morgan fingerprint density at radius 1 is 0.950 bits per heavy atom. The van der Waals surface area contributed by atoms with Crippen molar-refractivity contribution in [1.29, 1.82) is 0 Å². The average Bonchev–Trinajstić information content (AvgIpc) is 2.41. The fourth-order valence-electron chi connectivity index (χ4n) is 1.84. The molecule has 120 valence electrons. The Balaban J connectivity index is 4.55. The second-order valence-electron chi connectivity index (χ2n) is 5.10. The van der Waals surface area contributed by atoms with Gasteiger partial charge in [0.25, 0.3) is 8.32 Å². The molecule has 0 radical (unpaired) electrons. The third kappa shape index (κ3) is 5.92. The second-order valence-corrected chi connectivity index (χ2v) is 12.4. The molecule has 0 aliphatic carbocycles. The summed E-state index contributed by atoms with van der Waals surface area (Å²) in [6, 6.07) is 1.41. The maximum Gasteiger partial charge on any atom is 0.499 e. The lowest BCUT2D eigenvalue weighted by molar-refractivity contribution is 0.124. The van der Waals surface area contributed by atoms with Crippen LogP contribution in [0.1, 0.15) is 13.8 Å². The molecule has 0 saturated heterocycles. The molecule has 0 atom stereocenters. The van der Waals surface area contributed by atoms with E-state index in [1.807, 2.05) is 26.9 Å². The molecule has 0 spiro atoms. The number of carbonyl (C=O) groups excluding carboxylic acids is 1. The maximum atomic E-state index is 12.0. The highest BCUT2D eigenvalue weighted by Crippen LogP contribution is 2.23. The minimum Gasteiger partial charge on any atom is -0.504 e. The van der Waals surface area contributed by atoms with Crippen LogP contribution in [-0.2, 0) is 17.7 Å². The van der Waals surface area contributed by atoms with Crippen LogP contribution in [0.4, 0.5) is 4.79 Å². The van der Waals surface area contributed by atoms with Crippen LogP contribution in [-0.4, -0.2) is 62.5 Å². The monoisotopic (exact) mass is 323 g/mol. The van der Waals surface area contributed by atoms with E-state index in [0.29, 0.717) is 19.1 Å². The van der Waals surface area contributed by atoms with Crippen molar-refractivity contribution in [3.05, 3.63) is 0 Å². The summed E-state index contributed by atoms with van der Waals surface area (Å²) in [5, 5.41) is 0. The first-order chi connectivity index (χ1) is 9.29. The number of carbonyl (C=O) groups is 1. The van der Waals surface area contributed by atoms with Crippen molar-refractivity contribution < 1.29 is 22.5 Å². The highest BCUT2D eigenvalue weighted by molar-refractivity contribution is 6.74. The minimum absolute atomic E-state index is 0.230. The summed E-state index contributed by atoms with van der Waals surface area (Å²) < 4.78 is 21.9. The zero-order valence-electron chi connectivity index (χ0n) is 13.8. The van der Waals surface area contributed by atoms with Crippen molar-refractivity contribution >= 4 is 23.2 Å². The molecule has 0 heterocycles. The molecule has 8 heteroatoms. The Hall–Kier alpha value is -0.416. The van der Waals surface area contributed by atoms with E-state index in [-0.39, 0.29) is 6.09 Å². The number of amides is 1. The molecule has 0 bridgehead atoms. The van der Waals surface area contributed by atoms with Crippen molar-refractivity contribution in [2.24, 2.45) is 0 Å². The van der Waals surface area contributed by atoms with Gasteiger partial charge in [0, 0.05) is 40.5 Å². The Labute approximate surface area is 124 Å². The van der Waals surface area contributed by atoms with Crippen molar-refractivity contribution in [1.82, 2.24) is 4.90 Å². The lowest BCUT2D eigenvalue weighted by atomic mass is 10.6. The predicted molar refractivity (Wildman–Crippen MR) is 83.3 cm³/mol. The third-order valence-electron chi connectivity index (χ3n) is 3.35. The first kappa shape index (κ1) is 19.6. The van der Waals surface area contributed by atoms with Crippen LogP contribution < -0.4 is 0 Å². The van der Waals surface area contributed by atoms with Gasteiger partial charge in [-0.15, -0.1) is 0 Å². The van der Waals surface area contributed by atoms with Crippen LogP contribution in [0.15, 0.2) is 0 Å². The molecule has 0 fully saturated rings. The van der Waals surface area contributed by atoms with Crippen LogP contribution in [0.25, 0.3) is 0 Å². The zero-order valence-corrected chi connectivity index (χ0v) is 15.8. The molecular formula is C12H29NO5Si2. The Morgan fingerprint density at radius 2 is 1.40 bits per heavy atom. The van der Waals surface area contributed by atoms with Crippen molar-refractivity contribution in [2.75, 3.05) is 34.4 Å². The Bertz CT molecular complexity index is 285. The molecule has 0 aromatic heterocycles. The van der Waals surface area contributed by atoms with Gasteiger partial charge in [-0.3, -0.25) is 0 Å². The van der Waals surface area contributed by atoms with Gasteiger partial charge in [-0.05, 0) is 33.0 Å². The molecule has 0 aliphatic heterocycles. The van der Waals surface area contributed by atoms with E-state index < -0.39 is 17.1 Å². The van der Waals surface area contributed by atoms with Crippen molar-refractivity contribution in [2.45, 2.75) is 39.0 Å². The largest absolute Gasteiger partial charge is 0.504 e. The van der Waals surface area contributed by atoms with E-state index in [0.717, 1.165) is 6.04 Å². The van der Waals surface area contributed by atoms with Gasteiger partial charge in [0.2, 0.25) is 0 Å². The lowest BCUT2D eigenvalue weighted by Crippen LogP contribution is -2.46. The van der Waals surface area contributed by atoms with Gasteiger partial charge in [0.1, 0.15) is 0 Å². The van der Waals surface area contributed by atoms with E-state index in [1.165, 1.54) is 0 Å². The summed E-state index contributed by atoms with van der Waals surface area (Å²) in [6.45, 7) is 9.25. The van der Waals surface area contributed by atoms with Gasteiger partial charge in [0.05, 0.1) is 0 Å². The van der Waals surface area contributed by atoms with Crippen LogP contribution in [0.5, 0.6) is 0 Å². The van der Waals surface area contributed by atoms with Crippen LogP contribution in [0.2, 0.25) is 25.2 Å². The summed E-state index contributed by atoms with van der Waals surface area (Å²) in [7, 11) is 0.0698. The quantitative estimate of drug-likeness (QED) is 0.610. The van der Waals surface area contributed by atoms with Gasteiger partial charge in [-0.2, -0.15) is 0 Å². The molecule has 0 unspecified atom stereocenters. The van der Waals surface area contributed by atoms with E-state index in [4.69, 9.17) is 17.7 Å². The third-order valence-corrected chi connectivity index (χ3v) is 8.76. The molecule has 0 aromatic carbocycles. The van der Waals surface area contributed by atoms with E-state index in [1.54, 1.807) is 26.2 Å². The van der Waals surface area contributed by atoms with Gasteiger partial charge >= 0.3 is 14.9 Å². The summed E-state index contributed by atoms with van der Waals surface area (Å²) >= 11 is 0.